The van der Waals surface area contributed by atoms with E-state index in [1.165, 1.54) is 0 Å². The fourth-order valence-electron chi connectivity index (χ4n) is 0.664. The molecular weight excluding hydrogens is 118 g/mol. The van der Waals surface area contributed by atoms with Crippen molar-refractivity contribution in [2.75, 3.05) is 20.3 Å². The van der Waals surface area contributed by atoms with Crippen molar-refractivity contribution < 1.29 is 9.47 Å². The van der Waals surface area contributed by atoms with Crippen LogP contribution in [0.2, 0.25) is 0 Å². The first kappa shape index (κ1) is 6.99. The van der Waals surface area contributed by atoms with Gasteiger partial charge in [0.2, 0.25) is 0 Å². The van der Waals surface area contributed by atoms with Crippen LogP contribution in [0.4, 0.5) is 0 Å². The van der Waals surface area contributed by atoms with Crippen molar-refractivity contribution in [2.45, 2.75) is 18.6 Å². The highest BCUT2D eigenvalue weighted by Gasteiger charge is 2.34. The van der Waals surface area contributed by atoms with E-state index >= 15 is 0 Å². The zero-order valence-corrected chi connectivity index (χ0v) is 5.67. The van der Waals surface area contributed by atoms with Crippen molar-refractivity contribution >= 4 is 0 Å². The van der Waals surface area contributed by atoms with Crippen LogP contribution in [-0.2, 0) is 9.47 Å². The Morgan fingerprint density at radius 2 is 2.22 bits per heavy atom. The van der Waals surface area contributed by atoms with Gasteiger partial charge < -0.3 is 15.2 Å². The molecule has 0 unspecified atom stereocenters. The van der Waals surface area contributed by atoms with E-state index in [0.717, 1.165) is 6.42 Å². The van der Waals surface area contributed by atoms with Crippen molar-refractivity contribution in [1.29, 1.82) is 0 Å². The second-order valence-electron chi connectivity index (χ2n) is 2.30. The van der Waals surface area contributed by atoms with Crippen LogP contribution in [0.15, 0.2) is 0 Å². The lowest BCUT2D eigenvalue weighted by atomic mass is 10.7. The van der Waals surface area contributed by atoms with Gasteiger partial charge >= 0.3 is 0 Å². The Labute approximate surface area is 55.1 Å². The second-order valence-corrected chi connectivity index (χ2v) is 2.30. The van der Waals surface area contributed by atoms with E-state index in [4.69, 9.17) is 15.2 Å². The molecule has 0 spiro atoms. The molecule has 1 rings (SSSR count). The summed E-state index contributed by atoms with van der Waals surface area (Å²) >= 11 is 0. The SMILES string of the molecule is COCCO[C@@H]1C[C@H]1N. The van der Waals surface area contributed by atoms with Gasteiger partial charge in [0.1, 0.15) is 0 Å². The third-order valence-corrected chi connectivity index (χ3v) is 1.40. The highest BCUT2D eigenvalue weighted by atomic mass is 16.5. The quantitative estimate of drug-likeness (QED) is 0.535. The van der Waals surface area contributed by atoms with E-state index in [1.807, 2.05) is 0 Å². The average Bonchev–Trinajstić information content (AvgIpc) is 2.48. The third kappa shape index (κ3) is 2.30. The van der Waals surface area contributed by atoms with E-state index in [1.54, 1.807) is 7.11 Å². The predicted molar refractivity (Wildman–Crippen MR) is 34.2 cm³/mol. The lowest BCUT2D eigenvalue weighted by molar-refractivity contribution is 0.0590. The number of methoxy groups -OCH3 is 1. The molecule has 0 radical (unpaired) electrons. The van der Waals surface area contributed by atoms with Crippen molar-refractivity contribution in [3.63, 3.8) is 0 Å². The molecule has 0 aromatic rings. The third-order valence-electron chi connectivity index (χ3n) is 1.40. The lowest BCUT2D eigenvalue weighted by Crippen LogP contribution is -2.11. The van der Waals surface area contributed by atoms with Crippen molar-refractivity contribution in [3.8, 4) is 0 Å². The predicted octanol–water partition coefficient (Wildman–Crippen LogP) is -0.251. The van der Waals surface area contributed by atoms with E-state index in [0.29, 0.717) is 25.4 Å². The van der Waals surface area contributed by atoms with Crippen LogP contribution in [-0.4, -0.2) is 32.5 Å². The van der Waals surface area contributed by atoms with Crippen molar-refractivity contribution in [2.24, 2.45) is 5.73 Å². The zero-order chi connectivity index (χ0) is 6.69. The molecule has 0 aliphatic heterocycles. The normalized spacial score (nSPS) is 32.7. The molecule has 0 saturated heterocycles. The van der Waals surface area contributed by atoms with Gasteiger partial charge in [-0.2, -0.15) is 0 Å². The summed E-state index contributed by atoms with van der Waals surface area (Å²) in [6.45, 7) is 1.35. The van der Waals surface area contributed by atoms with Gasteiger partial charge in [-0.05, 0) is 6.42 Å². The summed E-state index contributed by atoms with van der Waals surface area (Å²) in [7, 11) is 1.66. The fraction of sp³-hybridized carbons (Fsp3) is 1.00. The van der Waals surface area contributed by atoms with E-state index in [2.05, 4.69) is 0 Å². The maximum atomic E-state index is 5.48. The van der Waals surface area contributed by atoms with Crippen LogP contribution >= 0.6 is 0 Å². The number of hydrogen-bond donors (Lipinski definition) is 1. The highest BCUT2D eigenvalue weighted by molar-refractivity contribution is 4.91. The van der Waals surface area contributed by atoms with Gasteiger partial charge in [0.25, 0.3) is 0 Å². The van der Waals surface area contributed by atoms with Crippen LogP contribution in [0.1, 0.15) is 6.42 Å². The first-order valence-corrected chi connectivity index (χ1v) is 3.20. The molecule has 1 saturated carbocycles. The lowest BCUT2D eigenvalue weighted by Gasteiger charge is -1.99. The minimum atomic E-state index is 0.293. The Hall–Kier alpha value is -0.120. The summed E-state index contributed by atoms with van der Waals surface area (Å²) in [5.41, 5.74) is 5.48. The van der Waals surface area contributed by atoms with Gasteiger partial charge in [0, 0.05) is 13.2 Å². The van der Waals surface area contributed by atoms with Crippen LogP contribution < -0.4 is 5.73 Å². The minimum Gasteiger partial charge on any atom is -0.382 e. The van der Waals surface area contributed by atoms with E-state index in [-0.39, 0.29) is 0 Å². The summed E-state index contributed by atoms with van der Waals surface area (Å²) in [6.07, 6.45) is 1.34. The fourth-order valence-corrected chi connectivity index (χ4v) is 0.664. The molecule has 3 nitrogen and oxygen atoms in total. The molecule has 1 fully saturated rings. The molecule has 1 aliphatic carbocycles. The Morgan fingerprint density at radius 3 is 2.67 bits per heavy atom. The monoisotopic (exact) mass is 131 g/mol. The molecule has 9 heavy (non-hydrogen) atoms. The highest BCUT2D eigenvalue weighted by Crippen LogP contribution is 2.21. The topological polar surface area (TPSA) is 44.5 Å². The van der Waals surface area contributed by atoms with E-state index < -0.39 is 0 Å². The van der Waals surface area contributed by atoms with Crippen LogP contribution in [0.3, 0.4) is 0 Å². The standard InChI is InChI=1S/C6H13NO2/c1-8-2-3-9-6-4-5(6)7/h5-6H,2-4,7H2,1H3/t5-,6-/m1/s1. The smallest absolute Gasteiger partial charge is 0.0743 e. The Kier molecular flexibility index (Phi) is 2.45. The number of hydrogen-bond acceptors (Lipinski definition) is 3. The summed E-state index contributed by atoms with van der Waals surface area (Å²) in [6, 6.07) is 0.293. The first-order valence-electron chi connectivity index (χ1n) is 3.20. The Balaban J connectivity index is 1.83. The van der Waals surface area contributed by atoms with Crippen LogP contribution in [0, 0.1) is 0 Å². The van der Waals surface area contributed by atoms with Crippen molar-refractivity contribution in [1.82, 2.24) is 0 Å². The van der Waals surface area contributed by atoms with Gasteiger partial charge in [-0.15, -0.1) is 0 Å². The number of nitrogens with two attached hydrogens (primary N) is 1. The van der Waals surface area contributed by atoms with Gasteiger partial charge in [-0.3, -0.25) is 0 Å². The second kappa shape index (κ2) is 3.15. The molecule has 0 bridgehead atoms. The minimum absolute atomic E-state index is 0.293. The summed E-state index contributed by atoms with van der Waals surface area (Å²) in [5.74, 6) is 0. The number of rotatable bonds is 4. The van der Waals surface area contributed by atoms with E-state index in [9.17, 15) is 0 Å². The summed E-state index contributed by atoms with van der Waals surface area (Å²) < 4.78 is 10.0. The maximum absolute atomic E-state index is 5.48. The molecule has 2 atom stereocenters. The molecule has 54 valence electrons. The molecule has 0 amide bonds. The molecule has 0 aromatic heterocycles. The van der Waals surface area contributed by atoms with Crippen LogP contribution in [0.5, 0.6) is 0 Å². The zero-order valence-electron chi connectivity index (χ0n) is 5.67. The molecule has 3 heteroatoms. The first-order chi connectivity index (χ1) is 4.34. The molecular formula is C6H13NO2. The Bertz CT molecular complexity index is 87.1. The maximum Gasteiger partial charge on any atom is 0.0743 e. The molecule has 0 heterocycles. The molecule has 0 aromatic carbocycles. The van der Waals surface area contributed by atoms with Gasteiger partial charge in [0.15, 0.2) is 0 Å². The number of ether oxygens (including phenoxy) is 2. The van der Waals surface area contributed by atoms with Gasteiger partial charge in [-0.25, -0.2) is 0 Å². The molecule has 2 N–H and O–H groups in total. The average molecular weight is 131 g/mol. The summed E-state index contributed by atoms with van der Waals surface area (Å²) in [4.78, 5) is 0. The van der Waals surface area contributed by atoms with Crippen molar-refractivity contribution in [3.05, 3.63) is 0 Å². The van der Waals surface area contributed by atoms with Gasteiger partial charge in [0.05, 0.1) is 19.3 Å². The Morgan fingerprint density at radius 1 is 1.56 bits per heavy atom. The largest absolute Gasteiger partial charge is 0.382 e. The summed E-state index contributed by atoms with van der Waals surface area (Å²) in [5, 5.41) is 0. The molecule has 1 aliphatic rings. The van der Waals surface area contributed by atoms with Gasteiger partial charge in [-0.1, -0.05) is 0 Å². The van der Waals surface area contributed by atoms with Crippen LogP contribution in [0.25, 0.3) is 0 Å².